The lowest BCUT2D eigenvalue weighted by Gasteiger charge is -2.44. The van der Waals surface area contributed by atoms with Crippen LogP contribution in [-0.4, -0.2) is 84.2 Å². The van der Waals surface area contributed by atoms with Crippen LogP contribution in [0.15, 0.2) is 0 Å². The van der Waals surface area contributed by atoms with Gasteiger partial charge in [-0.2, -0.15) is 0 Å². The molecular formula is C18H23NO12S. The molecule has 32 heavy (non-hydrogen) atoms. The van der Waals surface area contributed by atoms with Crippen molar-refractivity contribution in [1.82, 2.24) is 5.32 Å². The fourth-order valence-electron chi connectivity index (χ4n) is 3.02. The lowest BCUT2D eigenvalue weighted by Crippen LogP contribution is -2.61. The largest absolute Gasteiger partial charge is 0.463 e. The third-order valence-corrected chi connectivity index (χ3v) is 5.38. The predicted molar refractivity (Wildman–Crippen MR) is 103 cm³/mol. The summed E-state index contributed by atoms with van der Waals surface area (Å²) in [4.78, 5) is 69.4. The summed E-state index contributed by atoms with van der Waals surface area (Å²) in [5.74, 6) is -3.72. The summed E-state index contributed by atoms with van der Waals surface area (Å²) >= 11 is 0.953. The van der Waals surface area contributed by atoms with Gasteiger partial charge in [-0.15, -0.1) is 11.8 Å². The summed E-state index contributed by atoms with van der Waals surface area (Å²) < 4.78 is 31.1. The van der Waals surface area contributed by atoms with E-state index in [1.807, 2.05) is 0 Å². The van der Waals surface area contributed by atoms with Crippen molar-refractivity contribution in [3.05, 3.63) is 0 Å². The third-order valence-electron chi connectivity index (χ3n) is 4.15. The number of esters is 5. The number of rotatable bonds is 8. The Balaban J connectivity index is 2.32. The van der Waals surface area contributed by atoms with Gasteiger partial charge in [0.15, 0.2) is 18.3 Å². The van der Waals surface area contributed by atoms with Gasteiger partial charge in [0.2, 0.25) is 0 Å². The van der Waals surface area contributed by atoms with E-state index in [0.29, 0.717) is 0 Å². The molecule has 2 heterocycles. The molecule has 2 fully saturated rings. The quantitative estimate of drug-likeness (QED) is 0.268. The fraction of sp³-hybridized carbons (Fsp3) is 0.667. The zero-order chi connectivity index (χ0) is 24.0. The molecule has 2 saturated heterocycles. The molecule has 0 aromatic heterocycles. The number of thioether (sulfide) groups is 1. The molecule has 13 nitrogen and oxygen atoms in total. The van der Waals surface area contributed by atoms with Crippen molar-refractivity contribution < 1.29 is 57.2 Å². The summed E-state index contributed by atoms with van der Waals surface area (Å²) in [7, 11) is 0. The van der Waals surface area contributed by atoms with E-state index in [9.17, 15) is 28.8 Å². The third kappa shape index (κ3) is 7.09. The van der Waals surface area contributed by atoms with Gasteiger partial charge in [-0.25, -0.2) is 9.59 Å². The molecule has 6 atom stereocenters. The van der Waals surface area contributed by atoms with Crippen LogP contribution < -0.4 is 5.32 Å². The maximum Gasteiger partial charge on any atom is 0.415 e. The topological polar surface area (TPSA) is 170 Å². The van der Waals surface area contributed by atoms with Crippen LogP contribution >= 0.6 is 11.8 Å². The van der Waals surface area contributed by atoms with Gasteiger partial charge in [0.05, 0.1) is 0 Å². The fourth-order valence-corrected chi connectivity index (χ4v) is 4.24. The average molecular weight is 477 g/mol. The number of ether oxygens (including phenoxy) is 6. The van der Waals surface area contributed by atoms with E-state index in [-0.39, 0.29) is 12.4 Å². The van der Waals surface area contributed by atoms with Crippen molar-refractivity contribution in [1.29, 1.82) is 0 Å². The van der Waals surface area contributed by atoms with Crippen molar-refractivity contribution in [3.8, 4) is 0 Å². The number of carbonyl (C=O) groups is 6. The first-order chi connectivity index (χ1) is 15.0. The van der Waals surface area contributed by atoms with Crippen LogP contribution in [0.3, 0.4) is 0 Å². The number of nitrogens with one attached hydrogen (secondary N) is 1. The van der Waals surface area contributed by atoms with Crippen LogP contribution in [-0.2, 0) is 52.4 Å². The Morgan fingerprint density at radius 2 is 1.44 bits per heavy atom. The van der Waals surface area contributed by atoms with Gasteiger partial charge in [-0.3, -0.25) is 19.2 Å². The second-order valence-corrected chi connectivity index (χ2v) is 7.94. The maximum absolute atomic E-state index is 11.8. The van der Waals surface area contributed by atoms with E-state index in [4.69, 9.17) is 23.7 Å². The van der Waals surface area contributed by atoms with E-state index in [2.05, 4.69) is 10.1 Å². The number of alkyl carbamates (subject to hydrolysis) is 1. The molecule has 0 bridgehead atoms. The standard InChI is InChI=1S/C18H23NO12S/c1-7(20)26-5-12-13(27-8(2)21)14(28-9(3)22)15(29-10(4)23)17(30-12)32-6-11-16(24)31-18(25)19-11/h11-15,17H,5-6H2,1-4H3,(H,19,25)/t11-,12+,13-,14-,15+,17+/m0/s1. The number of hydrogen-bond donors (Lipinski definition) is 1. The van der Waals surface area contributed by atoms with Gasteiger partial charge >= 0.3 is 35.9 Å². The van der Waals surface area contributed by atoms with Crippen LogP contribution in [0.4, 0.5) is 4.79 Å². The minimum atomic E-state index is -1.31. The molecule has 1 amide bonds. The zero-order valence-electron chi connectivity index (χ0n) is 17.7. The molecular weight excluding hydrogens is 454 g/mol. The number of cyclic esters (lactones) is 2. The molecule has 0 aromatic carbocycles. The summed E-state index contributed by atoms with van der Waals surface area (Å²) in [6, 6.07) is -0.987. The number of amides is 1. The Bertz CT molecular complexity index is 786. The molecule has 0 aromatic rings. The summed E-state index contributed by atoms with van der Waals surface area (Å²) in [5.41, 5.74) is -1.05. The average Bonchev–Trinajstić information content (AvgIpc) is 2.98. The van der Waals surface area contributed by atoms with Gasteiger partial charge < -0.3 is 33.7 Å². The van der Waals surface area contributed by atoms with E-state index in [0.717, 1.165) is 39.5 Å². The normalized spacial score (nSPS) is 29.4. The minimum absolute atomic E-state index is 0.0433. The molecule has 1 N–H and O–H groups in total. The Morgan fingerprint density at radius 1 is 0.875 bits per heavy atom. The smallest absolute Gasteiger partial charge is 0.415 e. The minimum Gasteiger partial charge on any atom is -0.463 e. The van der Waals surface area contributed by atoms with Gasteiger partial charge in [0.25, 0.3) is 0 Å². The van der Waals surface area contributed by atoms with Crippen molar-refractivity contribution in [2.75, 3.05) is 12.4 Å². The van der Waals surface area contributed by atoms with Crippen molar-refractivity contribution in [3.63, 3.8) is 0 Å². The van der Waals surface area contributed by atoms with E-state index in [1.54, 1.807) is 0 Å². The van der Waals surface area contributed by atoms with Gasteiger partial charge in [-0.05, 0) is 0 Å². The van der Waals surface area contributed by atoms with Crippen LogP contribution in [0.1, 0.15) is 27.7 Å². The molecule has 0 radical (unpaired) electrons. The second-order valence-electron chi connectivity index (χ2n) is 6.81. The van der Waals surface area contributed by atoms with E-state index >= 15 is 0 Å². The lowest BCUT2D eigenvalue weighted by molar-refractivity contribution is -0.237. The van der Waals surface area contributed by atoms with E-state index in [1.165, 1.54) is 0 Å². The van der Waals surface area contributed by atoms with Crippen molar-refractivity contribution in [2.45, 2.75) is 63.6 Å². The van der Waals surface area contributed by atoms with Gasteiger partial charge in [-0.1, -0.05) is 0 Å². The zero-order valence-corrected chi connectivity index (χ0v) is 18.5. The number of carbonyl (C=O) groups excluding carboxylic acids is 6. The molecule has 2 aliphatic heterocycles. The molecule has 0 unspecified atom stereocenters. The molecule has 178 valence electrons. The molecule has 0 spiro atoms. The monoisotopic (exact) mass is 477 g/mol. The predicted octanol–water partition coefficient (Wildman–Crippen LogP) is -0.562. The maximum atomic E-state index is 11.8. The highest BCUT2D eigenvalue weighted by Crippen LogP contribution is 2.35. The highest BCUT2D eigenvalue weighted by atomic mass is 32.2. The highest BCUT2D eigenvalue weighted by molar-refractivity contribution is 7.99. The second kappa shape index (κ2) is 11.1. The molecule has 0 saturated carbocycles. The first-order valence-corrected chi connectivity index (χ1v) is 10.5. The highest BCUT2D eigenvalue weighted by Gasteiger charge is 2.52. The van der Waals surface area contributed by atoms with Crippen molar-refractivity contribution in [2.24, 2.45) is 0 Å². The molecule has 0 aliphatic carbocycles. The Labute approximate surface area is 186 Å². The lowest BCUT2D eigenvalue weighted by atomic mass is 9.99. The van der Waals surface area contributed by atoms with Crippen LogP contribution in [0.5, 0.6) is 0 Å². The van der Waals surface area contributed by atoms with E-state index < -0.39 is 71.8 Å². The Morgan fingerprint density at radius 3 is 1.94 bits per heavy atom. The summed E-state index contributed by atoms with van der Waals surface area (Å²) in [5, 5.41) is 2.31. The van der Waals surface area contributed by atoms with Crippen LogP contribution in [0.2, 0.25) is 0 Å². The van der Waals surface area contributed by atoms with Crippen LogP contribution in [0.25, 0.3) is 0 Å². The van der Waals surface area contributed by atoms with Crippen LogP contribution in [0, 0.1) is 0 Å². The SMILES string of the molecule is CC(=O)OC[C@H]1O[C@H](SC[C@@H]2NC(=O)OC2=O)[C@H](OC(C)=O)[C@@H](OC(C)=O)[C@H]1OC(C)=O. The molecule has 14 heteroatoms. The molecule has 2 aliphatic rings. The number of hydrogen-bond acceptors (Lipinski definition) is 13. The van der Waals surface area contributed by atoms with Gasteiger partial charge in [0.1, 0.15) is 24.2 Å². The van der Waals surface area contributed by atoms with Gasteiger partial charge in [0, 0.05) is 33.4 Å². The Kier molecular flexibility index (Phi) is 8.83. The first kappa shape index (κ1) is 25.4. The first-order valence-electron chi connectivity index (χ1n) is 9.42. The van der Waals surface area contributed by atoms with Crippen molar-refractivity contribution >= 4 is 47.7 Å². The summed E-state index contributed by atoms with van der Waals surface area (Å²) in [6.45, 7) is 4.14. The molecule has 2 rings (SSSR count). The Hall–Kier alpha value is -2.87. The summed E-state index contributed by atoms with van der Waals surface area (Å²) in [6.07, 6.45) is -5.83.